The highest BCUT2D eigenvalue weighted by atomic mass is 32.1. The molecule has 114 valence electrons. The van der Waals surface area contributed by atoms with Gasteiger partial charge in [0, 0.05) is 19.1 Å². The van der Waals surface area contributed by atoms with Gasteiger partial charge in [0.2, 0.25) is 0 Å². The first-order valence-corrected chi connectivity index (χ1v) is 8.55. The Balaban J connectivity index is 2.23. The summed E-state index contributed by atoms with van der Waals surface area (Å²) in [5.74, 6) is 0. The second-order valence-corrected chi connectivity index (χ2v) is 6.71. The third kappa shape index (κ3) is 3.51. The minimum absolute atomic E-state index is 0.123. The van der Waals surface area contributed by atoms with Gasteiger partial charge in [-0.3, -0.25) is 0 Å². The van der Waals surface area contributed by atoms with Gasteiger partial charge in [-0.15, -0.1) is 0 Å². The molecule has 0 amide bonds. The molecule has 4 nitrogen and oxygen atoms in total. The zero-order valence-electron chi connectivity index (χ0n) is 12.9. The molecule has 20 heavy (non-hydrogen) atoms. The molecule has 1 atom stereocenters. The quantitative estimate of drug-likeness (QED) is 0.906. The van der Waals surface area contributed by atoms with E-state index < -0.39 is 0 Å². The van der Waals surface area contributed by atoms with E-state index in [1.54, 1.807) is 11.3 Å². The molecule has 0 radical (unpaired) electrons. The van der Waals surface area contributed by atoms with Crippen molar-refractivity contribution < 1.29 is 5.11 Å². The van der Waals surface area contributed by atoms with E-state index >= 15 is 0 Å². The van der Waals surface area contributed by atoms with Crippen LogP contribution in [0.4, 0.5) is 5.13 Å². The molecular formula is C15H27N3OS. The number of anilines is 1. The van der Waals surface area contributed by atoms with Crippen LogP contribution in [0.1, 0.15) is 43.7 Å². The van der Waals surface area contributed by atoms with Gasteiger partial charge in [-0.1, -0.05) is 31.6 Å². The summed E-state index contributed by atoms with van der Waals surface area (Å²) in [5.41, 5.74) is 1.10. The lowest BCUT2D eigenvalue weighted by Gasteiger charge is -2.29. The van der Waals surface area contributed by atoms with Gasteiger partial charge in [0.1, 0.15) is 0 Å². The van der Waals surface area contributed by atoms with Crippen LogP contribution in [0.5, 0.6) is 0 Å². The molecule has 1 saturated heterocycles. The van der Waals surface area contributed by atoms with E-state index in [1.807, 2.05) is 0 Å². The van der Waals surface area contributed by atoms with Crippen molar-refractivity contribution >= 4 is 16.5 Å². The first-order valence-electron chi connectivity index (χ1n) is 7.74. The van der Waals surface area contributed by atoms with E-state index in [2.05, 4.69) is 30.7 Å². The van der Waals surface area contributed by atoms with Crippen molar-refractivity contribution in [1.29, 1.82) is 0 Å². The third-order valence-corrected chi connectivity index (χ3v) is 5.14. The first kappa shape index (κ1) is 15.7. The van der Waals surface area contributed by atoms with E-state index in [4.69, 9.17) is 4.98 Å². The average Bonchev–Trinajstić information content (AvgIpc) is 2.74. The number of aryl methyl sites for hydroxylation is 1. The Labute approximate surface area is 126 Å². The first-order chi connectivity index (χ1) is 9.69. The molecule has 2 rings (SSSR count). The highest BCUT2D eigenvalue weighted by Gasteiger charge is 2.25. The summed E-state index contributed by atoms with van der Waals surface area (Å²) >= 11 is 1.68. The topological polar surface area (TPSA) is 39.6 Å². The number of hydrogen-bond donors (Lipinski definition) is 1. The normalized spacial score (nSPS) is 21.2. The molecule has 1 aromatic heterocycles. The summed E-state index contributed by atoms with van der Waals surface area (Å²) in [6, 6.07) is 0.537. The predicted molar refractivity (Wildman–Crippen MR) is 85.6 cm³/mol. The summed E-state index contributed by atoms with van der Waals surface area (Å²) in [6.07, 6.45) is 4.37. The van der Waals surface area contributed by atoms with Gasteiger partial charge in [-0.25, -0.2) is 4.98 Å². The highest BCUT2D eigenvalue weighted by Crippen LogP contribution is 2.30. The molecule has 1 aliphatic rings. The molecule has 1 unspecified atom stereocenters. The molecule has 1 N–H and O–H groups in total. The van der Waals surface area contributed by atoms with Crippen LogP contribution in [0.3, 0.4) is 0 Å². The maximum absolute atomic E-state index is 9.52. The van der Waals surface area contributed by atoms with E-state index in [0.717, 1.165) is 54.6 Å². The minimum Gasteiger partial charge on any atom is -0.391 e. The summed E-state index contributed by atoms with van der Waals surface area (Å²) < 4.78 is 0. The molecule has 5 heteroatoms. The van der Waals surface area contributed by atoms with Crippen molar-refractivity contribution in [2.24, 2.45) is 0 Å². The van der Waals surface area contributed by atoms with Crippen LogP contribution >= 0.6 is 11.3 Å². The van der Waals surface area contributed by atoms with Gasteiger partial charge in [0.05, 0.1) is 17.2 Å². The number of aliphatic hydroxyl groups is 1. The Morgan fingerprint density at radius 1 is 1.35 bits per heavy atom. The fourth-order valence-electron chi connectivity index (χ4n) is 2.89. The van der Waals surface area contributed by atoms with Gasteiger partial charge in [0.25, 0.3) is 0 Å². The van der Waals surface area contributed by atoms with Crippen molar-refractivity contribution in [3.63, 3.8) is 0 Å². The lowest BCUT2D eigenvalue weighted by Crippen LogP contribution is -2.39. The molecule has 0 aliphatic carbocycles. The summed E-state index contributed by atoms with van der Waals surface area (Å²) in [7, 11) is 2.20. The third-order valence-electron chi connectivity index (χ3n) is 4.02. The highest BCUT2D eigenvalue weighted by molar-refractivity contribution is 7.15. The second kappa shape index (κ2) is 7.38. The maximum atomic E-state index is 9.52. The van der Waals surface area contributed by atoms with Crippen LogP contribution in [0.2, 0.25) is 0 Å². The van der Waals surface area contributed by atoms with Gasteiger partial charge in [-0.05, 0) is 32.9 Å². The second-order valence-electron chi connectivity index (χ2n) is 5.65. The zero-order chi connectivity index (χ0) is 14.5. The van der Waals surface area contributed by atoms with Crippen LogP contribution in [-0.4, -0.2) is 47.7 Å². The van der Waals surface area contributed by atoms with Crippen molar-refractivity contribution in [3.05, 3.63) is 10.6 Å². The Kier molecular flexibility index (Phi) is 5.81. The van der Waals surface area contributed by atoms with Crippen molar-refractivity contribution in [2.45, 2.75) is 52.2 Å². The Hall–Kier alpha value is -0.650. The molecule has 2 heterocycles. The Bertz CT molecular complexity index is 421. The summed E-state index contributed by atoms with van der Waals surface area (Å²) in [5, 5.41) is 10.6. The average molecular weight is 297 g/mol. The van der Waals surface area contributed by atoms with Crippen molar-refractivity contribution in [1.82, 2.24) is 9.88 Å². The lowest BCUT2D eigenvalue weighted by molar-refractivity contribution is 0.284. The zero-order valence-corrected chi connectivity index (χ0v) is 13.7. The molecule has 0 aromatic carbocycles. The summed E-state index contributed by atoms with van der Waals surface area (Å²) in [4.78, 5) is 10.8. The summed E-state index contributed by atoms with van der Waals surface area (Å²) in [6.45, 7) is 7.88. The number of thiazole rings is 1. The van der Waals surface area contributed by atoms with E-state index in [1.165, 1.54) is 6.42 Å². The minimum atomic E-state index is 0.123. The Morgan fingerprint density at radius 2 is 2.15 bits per heavy atom. The molecule has 0 bridgehead atoms. The van der Waals surface area contributed by atoms with Gasteiger partial charge in [-0.2, -0.15) is 0 Å². The number of rotatable bonds is 5. The maximum Gasteiger partial charge on any atom is 0.186 e. The van der Waals surface area contributed by atoms with Crippen LogP contribution < -0.4 is 4.90 Å². The van der Waals surface area contributed by atoms with Crippen molar-refractivity contribution in [3.8, 4) is 0 Å². The Morgan fingerprint density at radius 3 is 2.80 bits per heavy atom. The van der Waals surface area contributed by atoms with Crippen LogP contribution in [0.15, 0.2) is 0 Å². The van der Waals surface area contributed by atoms with Gasteiger partial charge < -0.3 is 14.9 Å². The fourth-order valence-corrected chi connectivity index (χ4v) is 3.96. The number of hydrogen-bond acceptors (Lipinski definition) is 5. The number of likely N-dealkylation sites (N-methyl/N-ethyl adjacent to an activating group) is 1. The van der Waals surface area contributed by atoms with E-state index in [-0.39, 0.29) is 6.61 Å². The molecular weight excluding hydrogens is 270 g/mol. The standard InChI is InChI=1S/C15H27N3OS/c1-4-7-13-14(11-19)20-15(16-13)18-9-6-8-17(3)10-12(18)5-2/h12,19H,4-11H2,1-3H3. The predicted octanol–water partition coefficient (Wildman–Crippen LogP) is 2.51. The SMILES string of the molecule is CCCc1nc(N2CCCN(C)CC2CC)sc1CO. The molecule has 0 spiro atoms. The van der Waals surface area contributed by atoms with E-state index in [9.17, 15) is 5.11 Å². The molecule has 1 aromatic rings. The molecule has 1 aliphatic heterocycles. The largest absolute Gasteiger partial charge is 0.391 e. The monoisotopic (exact) mass is 297 g/mol. The van der Waals surface area contributed by atoms with Crippen LogP contribution in [-0.2, 0) is 13.0 Å². The molecule has 1 fully saturated rings. The van der Waals surface area contributed by atoms with E-state index in [0.29, 0.717) is 6.04 Å². The fraction of sp³-hybridized carbons (Fsp3) is 0.800. The van der Waals surface area contributed by atoms with Gasteiger partial charge >= 0.3 is 0 Å². The van der Waals surface area contributed by atoms with Crippen LogP contribution in [0, 0.1) is 0 Å². The van der Waals surface area contributed by atoms with Crippen molar-refractivity contribution in [2.75, 3.05) is 31.6 Å². The number of aromatic nitrogens is 1. The number of nitrogens with zero attached hydrogens (tertiary/aromatic N) is 3. The lowest BCUT2D eigenvalue weighted by atomic mass is 10.2. The number of aliphatic hydroxyl groups excluding tert-OH is 1. The van der Waals surface area contributed by atoms with Crippen LogP contribution in [0.25, 0.3) is 0 Å². The molecule has 0 saturated carbocycles. The smallest absolute Gasteiger partial charge is 0.186 e. The van der Waals surface area contributed by atoms with Gasteiger partial charge in [0.15, 0.2) is 5.13 Å².